The summed E-state index contributed by atoms with van der Waals surface area (Å²) in [7, 11) is 0. The third kappa shape index (κ3) is 3.98. The predicted molar refractivity (Wildman–Crippen MR) is 79.4 cm³/mol. The van der Waals surface area contributed by atoms with Crippen LogP contribution in [0.2, 0.25) is 0 Å². The molecule has 0 fully saturated rings. The lowest BCUT2D eigenvalue weighted by Crippen LogP contribution is -2.18. The third-order valence-corrected chi connectivity index (χ3v) is 3.76. The Morgan fingerprint density at radius 2 is 1.95 bits per heavy atom. The van der Waals surface area contributed by atoms with Crippen molar-refractivity contribution in [2.45, 2.75) is 24.4 Å². The van der Waals surface area contributed by atoms with E-state index < -0.39 is 0 Å². The zero-order valence-corrected chi connectivity index (χ0v) is 11.9. The van der Waals surface area contributed by atoms with Crippen molar-refractivity contribution in [3.63, 3.8) is 0 Å². The maximum absolute atomic E-state index is 9.18. The van der Waals surface area contributed by atoms with Gasteiger partial charge in [-0.2, -0.15) is 0 Å². The van der Waals surface area contributed by atoms with E-state index in [4.69, 9.17) is 0 Å². The number of thioether (sulfide) groups is 1. The quantitative estimate of drug-likeness (QED) is 0.821. The Morgan fingerprint density at radius 3 is 2.53 bits per heavy atom. The van der Waals surface area contributed by atoms with E-state index in [1.807, 2.05) is 6.07 Å². The molecule has 0 saturated carbocycles. The molecule has 1 heterocycles. The first kappa shape index (κ1) is 13.9. The van der Waals surface area contributed by atoms with Crippen molar-refractivity contribution in [2.75, 3.05) is 6.26 Å². The van der Waals surface area contributed by atoms with E-state index in [9.17, 15) is 5.11 Å². The number of nitrogens with one attached hydrogen (secondary N) is 1. The Balaban J connectivity index is 1.93. The lowest BCUT2D eigenvalue weighted by atomic mass is 10.1. The Bertz CT molecular complexity index is 511. The first-order valence-electron chi connectivity index (χ1n) is 6.20. The molecule has 4 heteroatoms. The standard InChI is InChI=1S/C15H18N2OS/c1-11(12-3-7-15(19-2)8-4-12)16-9-13-5-6-14(18)10-17-13/h3-8,10-11,16,18H,9H2,1-2H3. The minimum absolute atomic E-state index is 0.199. The number of aromatic hydroxyl groups is 1. The summed E-state index contributed by atoms with van der Waals surface area (Å²) in [4.78, 5) is 5.43. The molecule has 0 saturated heterocycles. The normalized spacial score (nSPS) is 12.3. The molecule has 100 valence electrons. The monoisotopic (exact) mass is 274 g/mol. The van der Waals surface area contributed by atoms with Crippen molar-refractivity contribution in [1.82, 2.24) is 10.3 Å². The second-order valence-electron chi connectivity index (χ2n) is 4.38. The van der Waals surface area contributed by atoms with E-state index in [0.717, 1.165) is 5.69 Å². The SMILES string of the molecule is CSc1ccc(C(C)NCc2ccc(O)cn2)cc1. The van der Waals surface area contributed by atoms with Gasteiger partial charge in [0.1, 0.15) is 5.75 Å². The van der Waals surface area contributed by atoms with E-state index in [1.165, 1.54) is 16.7 Å². The number of benzene rings is 1. The maximum atomic E-state index is 9.18. The van der Waals surface area contributed by atoms with Crippen molar-refractivity contribution in [3.8, 4) is 5.75 Å². The average molecular weight is 274 g/mol. The maximum Gasteiger partial charge on any atom is 0.133 e. The summed E-state index contributed by atoms with van der Waals surface area (Å²) >= 11 is 1.75. The number of nitrogens with zero attached hydrogens (tertiary/aromatic N) is 1. The minimum Gasteiger partial charge on any atom is -0.506 e. The van der Waals surface area contributed by atoms with Crippen LogP contribution in [0.4, 0.5) is 0 Å². The number of hydrogen-bond donors (Lipinski definition) is 2. The molecule has 1 unspecified atom stereocenters. The van der Waals surface area contributed by atoms with Crippen molar-refractivity contribution in [2.24, 2.45) is 0 Å². The molecule has 0 bridgehead atoms. The van der Waals surface area contributed by atoms with E-state index >= 15 is 0 Å². The molecule has 1 atom stereocenters. The minimum atomic E-state index is 0.199. The topological polar surface area (TPSA) is 45.1 Å². The van der Waals surface area contributed by atoms with Crippen LogP contribution in [0, 0.1) is 0 Å². The van der Waals surface area contributed by atoms with Gasteiger partial charge in [-0.3, -0.25) is 4.98 Å². The summed E-state index contributed by atoms with van der Waals surface area (Å²) in [6, 6.07) is 12.3. The first-order chi connectivity index (χ1) is 9.19. The lowest BCUT2D eigenvalue weighted by molar-refractivity contribution is 0.471. The molecular formula is C15H18N2OS. The summed E-state index contributed by atoms with van der Waals surface area (Å²) in [5.41, 5.74) is 2.18. The molecule has 1 aromatic heterocycles. The highest BCUT2D eigenvalue weighted by Crippen LogP contribution is 2.19. The number of rotatable bonds is 5. The van der Waals surface area contributed by atoms with Crippen LogP contribution in [-0.2, 0) is 6.54 Å². The summed E-state index contributed by atoms with van der Waals surface area (Å²) < 4.78 is 0. The van der Waals surface area contributed by atoms with Gasteiger partial charge in [0.05, 0.1) is 11.9 Å². The molecule has 2 aromatic rings. The van der Waals surface area contributed by atoms with Gasteiger partial charge in [0.2, 0.25) is 0 Å². The Morgan fingerprint density at radius 1 is 1.21 bits per heavy atom. The van der Waals surface area contributed by atoms with E-state index in [-0.39, 0.29) is 11.8 Å². The van der Waals surface area contributed by atoms with Gasteiger partial charge in [-0.25, -0.2) is 0 Å². The molecule has 0 aliphatic rings. The fourth-order valence-electron chi connectivity index (χ4n) is 1.79. The van der Waals surface area contributed by atoms with Crippen molar-refractivity contribution >= 4 is 11.8 Å². The van der Waals surface area contributed by atoms with E-state index in [0.29, 0.717) is 6.54 Å². The van der Waals surface area contributed by atoms with Gasteiger partial charge in [-0.15, -0.1) is 11.8 Å². The third-order valence-electron chi connectivity index (χ3n) is 3.01. The summed E-state index contributed by atoms with van der Waals surface area (Å²) in [6.07, 6.45) is 3.54. The fourth-order valence-corrected chi connectivity index (χ4v) is 2.20. The summed E-state index contributed by atoms with van der Waals surface area (Å²) in [5.74, 6) is 0.199. The van der Waals surface area contributed by atoms with Gasteiger partial charge in [0.25, 0.3) is 0 Å². The smallest absolute Gasteiger partial charge is 0.133 e. The highest BCUT2D eigenvalue weighted by atomic mass is 32.2. The van der Waals surface area contributed by atoms with Crippen molar-refractivity contribution in [3.05, 3.63) is 53.9 Å². The summed E-state index contributed by atoms with van der Waals surface area (Å²) in [6.45, 7) is 2.82. The van der Waals surface area contributed by atoms with Gasteiger partial charge < -0.3 is 10.4 Å². The fraction of sp³-hybridized carbons (Fsp3) is 0.267. The van der Waals surface area contributed by atoms with Crippen LogP contribution >= 0.6 is 11.8 Å². The number of aromatic nitrogens is 1. The molecule has 19 heavy (non-hydrogen) atoms. The van der Waals surface area contributed by atoms with Gasteiger partial charge >= 0.3 is 0 Å². The Hall–Kier alpha value is -1.52. The summed E-state index contributed by atoms with van der Waals surface area (Å²) in [5, 5.41) is 12.6. The zero-order valence-electron chi connectivity index (χ0n) is 11.1. The zero-order chi connectivity index (χ0) is 13.7. The van der Waals surface area contributed by atoms with Crippen LogP contribution in [-0.4, -0.2) is 16.3 Å². The van der Waals surface area contributed by atoms with Crippen LogP contribution in [0.3, 0.4) is 0 Å². The van der Waals surface area contributed by atoms with Crippen molar-refractivity contribution < 1.29 is 5.11 Å². The van der Waals surface area contributed by atoms with Crippen LogP contribution in [0.15, 0.2) is 47.5 Å². The van der Waals surface area contributed by atoms with E-state index in [2.05, 4.69) is 47.7 Å². The second-order valence-corrected chi connectivity index (χ2v) is 5.26. The molecule has 1 aromatic carbocycles. The largest absolute Gasteiger partial charge is 0.506 e. The van der Waals surface area contributed by atoms with Gasteiger partial charge in [0.15, 0.2) is 0 Å². The molecule has 0 aliphatic heterocycles. The van der Waals surface area contributed by atoms with Gasteiger partial charge in [0, 0.05) is 17.5 Å². The highest BCUT2D eigenvalue weighted by Gasteiger charge is 2.05. The molecule has 0 radical (unpaired) electrons. The average Bonchev–Trinajstić information content (AvgIpc) is 2.46. The Kier molecular flexibility index (Phi) is 4.82. The molecule has 0 spiro atoms. The molecule has 2 N–H and O–H groups in total. The molecule has 2 rings (SSSR count). The molecular weight excluding hydrogens is 256 g/mol. The van der Waals surface area contributed by atoms with Gasteiger partial charge in [-0.05, 0) is 43.0 Å². The van der Waals surface area contributed by atoms with Crippen molar-refractivity contribution in [1.29, 1.82) is 0 Å². The lowest BCUT2D eigenvalue weighted by Gasteiger charge is -2.14. The van der Waals surface area contributed by atoms with Crippen LogP contribution in [0.25, 0.3) is 0 Å². The number of pyridine rings is 1. The Labute approximate surface area is 118 Å². The molecule has 0 amide bonds. The first-order valence-corrected chi connectivity index (χ1v) is 7.43. The number of hydrogen-bond acceptors (Lipinski definition) is 4. The highest BCUT2D eigenvalue weighted by molar-refractivity contribution is 7.98. The van der Waals surface area contributed by atoms with Crippen LogP contribution in [0.5, 0.6) is 5.75 Å². The molecule has 0 aliphatic carbocycles. The van der Waals surface area contributed by atoms with E-state index in [1.54, 1.807) is 17.8 Å². The van der Waals surface area contributed by atoms with Crippen LogP contribution < -0.4 is 5.32 Å². The predicted octanol–water partition coefficient (Wildman–Crippen LogP) is 3.36. The molecule has 3 nitrogen and oxygen atoms in total. The van der Waals surface area contributed by atoms with Crippen LogP contribution in [0.1, 0.15) is 24.2 Å². The second kappa shape index (κ2) is 6.59. The van der Waals surface area contributed by atoms with Gasteiger partial charge in [-0.1, -0.05) is 12.1 Å².